The highest BCUT2D eigenvalue weighted by atomic mass is 16.2. The van der Waals surface area contributed by atoms with Crippen LogP contribution in [-0.2, 0) is 4.79 Å². The number of carbonyl (C=O) groups excluding carboxylic acids is 1. The van der Waals surface area contributed by atoms with Gasteiger partial charge in [0, 0.05) is 78.4 Å². The Morgan fingerprint density at radius 3 is 1.47 bits per heavy atom. The van der Waals surface area contributed by atoms with Crippen LogP contribution in [0, 0.1) is 5.92 Å². The van der Waals surface area contributed by atoms with Gasteiger partial charge >= 0.3 is 0 Å². The van der Waals surface area contributed by atoms with Crippen LogP contribution in [0.25, 0.3) is 0 Å². The number of hydrogen-bond donors (Lipinski definition) is 0. The molecule has 7 heteroatoms. The lowest BCUT2D eigenvalue weighted by atomic mass is 9.93. The lowest BCUT2D eigenvalue weighted by Crippen LogP contribution is -2.46. The maximum Gasteiger partial charge on any atom is 0.219 e. The number of piperazine rings is 2. The summed E-state index contributed by atoms with van der Waals surface area (Å²) in [6.45, 7) is 14.3. The summed E-state index contributed by atoms with van der Waals surface area (Å²) in [5.41, 5.74) is 0. The Balaban J connectivity index is 0. The van der Waals surface area contributed by atoms with Crippen LogP contribution >= 0.6 is 0 Å². The summed E-state index contributed by atoms with van der Waals surface area (Å²) in [5.74, 6) is 1.17. The third-order valence-electron chi connectivity index (χ3n) is 6.92. The standard InChI is InChI=1S/C9H18N2.C7H14N2O.C6H14N2.3CH4/c1-10-6-8-4-3-5-11(2)9(8)7-10;1-7(10)9-5-3-8(2)4-6-9;1-7-3-5-8(2)6-4-7;;;/h8-9H,3-7H2,1-2H3;3-6H2,1-2H3;3-6H2,1-2H3;3*1H4/t8-,9+;;;;;/m0...../s1. The number of carbonyl (C=O) groups is 1. The van der Waals surface area contributed by atoms with E-state index >= 15 is 0 Å². The van der Waals surface area contributed by atoms with E-state index in [9.17, 15) is 4.79 Å². The Labute approximate surface area is 201 Å². The monoisotopic (exact) mass is 458 g/mol. The molecule has 0 saturated carbocycles. The van der Waals surface area contributed by atoms with Crippen molar-refractivity contribution in [1.29, 1.82) is 0 Å². The summed E-state index contributed by atoms with van der Waals surface area (Å²) in [6.07, 6.45) is 2.87. The molecular weight excluding hydrogens is 400 g/mol. The van der Waals surface area contributed by atoms with E-state index in [0.29, 0.717) is 0 Å². The molecule has 0 aromatic rings. The molecule has 1 amide bonds. The van der Waals surface area contributed by atoms with E-state index in [1.165, 1.54) is 58.7 Å². The third-order valence-corrected chi connectivity index (χ3v) is 6.92. The zero-order valence-electron chi connectivity index (χ0n) is 19.9. The number of piperidine rings is 1. The molecule has 0 aliphatic carbocycles. The van der Waals surface area contributed by atoms with Gasteiger partial charge in [-0.25, -0.2) is 0 Å². The third kappa shape index (κ3) is 11.4. The molecule has 4 fully saturated rings. The van der Waals surface area contributed by atoms with Gasteiger partial charge in [-0.05, 0) is 60.5 Å². The van der Waals surface area contributed by atoms with E-state index in [0.717, 1.165) is 38.1 Å². The molecule has 0 radical (unpaired) electrons. The molecule has 0 aromatic heterocycles. The van der Waals surface area contributed by atoms with Crippen molar-refractivity contribution in [2.75, 3.05) is 107 Å². The van der Waals surface area contributed by atoms with Crippen LogP contribution in [0.4, 0.5) is 0 Å². The number of amides is 1. The second-order valence-corrected chi connectivity index (χ2v) is 9.59. The van der Waals surface area contributed by atoms with E-state index in [2.05, 4.69) is 59.7 Å². The fourth-order valence-electron chi connectivity index (χ4n) is 4.64. The Morgan fingerprint density at radius 1 is 0.625 bits per heavy atom. The average molecular weight is 459 g/mol. The number of likely N-dealkylation sites (tertiary alicyclic amines) is 2. The summed E-state index contributed by atoms with van der Waals surface area (Å²) in [4.78, 5) is 24.7. The van der Waals surface area contributed by atoms with Gasteiger partial charge in [-0.1, -0.05) is 22.3 Å². The summed E-state index contributed by atoms with van der Waals surface area (Å²) in [5, 5.41) is 0. The van der Waals surface area contributed by atoms with E-state index in [1.54, 1.807) is 6.92 Å². The van der Waals surface area contributed by atoms with Crippen molar-refractivity contribution in [3.63, 3.8) is 0 Å². The van der Waals surface area contributed by atoms with Crippen molar-refractivity contribution in [2.45, 2.75) is 48.1 Å². The molecule has 4 rings (SSSR count). The van der Waals surface area contributed by atoms with Crippen molar-refractivity contribution >= 4 is 5.91 Å². The molecule has 2 atom stereocenters. The topological polar surface area (TPSA) is 36.5 Å². The van der Waals surface area contributed by atoms with Gasteiger partial charge in [-0.3, -0.25) is 4.79 Å². The van der Waals surface area contributed by atoms with Crippen LogP contribution in [0.15, 0.2) is 0 Å². The molecular formula is C25H58N6O. The first kappa shape index (κ1) is 33.4. The zero-order valence-corrected chi connectivity index (χ0v) is 19.9. The maximum absolute atomic E-state index is 10.8. The van der Waals surface area contributed by atoms with Gasteiger partial charge in [0.05, 0.1) is 0 Å². The minimum atomic E-state index is 0. The van der Waals surface area contributed by atoms with E-state index in [4.69, 9.17) is 0 Å². The molecule has 4 heterocycles. The molecule has 32 heavy (non-hydrogen) atoms. The molecule has 0 spiro atoms. The van der Waals surface area contributed by atoms with Crippen molar-refractivity contribution in [2.24, 2.45) is 5.92 Å². The smallest absolute Gasteiger partial charge is 0.219 e. The van der Waals surface area contributed by atoms with E-state index in [1.807, 2.05) is 4.90 Å². The maximum atomic E-state index is 10.8. The summed E-state index contributed by atoms with van der Waals surface area (Å²) in [6, 6.07) is 0.869. The lowest BCUT2D eigenvalue weighted by molar-refractivity contribution is -0.130. The molecule has 194 valence electrons. The Morgan fingerprint density at radius 2 is 1.06 bits per heavy atom. The van der Waals surface area contributed by atoms with Crippen LogP contribution in [0.3, 0.4) is 0 Å². The number of likely N-dealkylation sites (N-methyl/N-ethyl adjacent to an activating group) is 5. The molecule has 0 N–H and O–H groups in total. The molecule has 0 bridgehead atoms. The first-order chi connectivity index (χ1) is 13.8. The van der Waals surface area contributed by atoms with Gasteiger partial charge in [0.25, 0.3) is 0 Å². The van der Waals surface area contributed by atoms with Gasteiger partial charge in [0.2, 0.25) is 5.91 Å². The van der Waals surface area contributed by atoms with Gasteiger partial charge < -0.3 is 29.4 Å². The molecule has 4 aliphatic heterocycles. The zero-order chi connectivity index (χ0) is 21.4. The van der Waals surface area contributed by atoms with Gasteiger partial charge in [-0.15, -0.1) is 0 Å². The Bertz CT molecular complexity index is 465. The molecule has 0 aromatic carbocycles. The highest BCUT2D eigenvalue weighted by Gasteiger charge is 2.35. The number of fused-ring (bicyclic) bond motifs is 1. The van der Waals surface area contributed by atoms with E-state index in [-0.39, 0.29) is 28.2 Å². The molecule has 4 aliphatic rings. The van der Waals surface area contributed by atoms with Crippen LogP contribution in [0.1, 0.15) is 42.0 Å². The fourth-order valence-corrected chi connectivity index (χ4v) is 4.64. The minimum Gasteiger partial charge on any atom is -0.340 e. The normalized spacial score (nSPS) is 27.2. The van der Waals surface area contributed by atoms with Gasteiger partial charge in [0.1, 0.15) is 0 Å². The first-order valence-corrected chi connectivity index (χ1v) is 11.5. The van der Waals surface area contributed by atoms with Crippen LogP contribution < -0.4 is 0 Å². The van der Waals surface area contributed by atoms with Gasteiger partial charge in [-0.2, -0.15) is 0 Å². The fraction of sp³-hybridized carbons (Fsp3) is 0.960. The summed E-state index contributed by atoms with van der Waals surface area (Å²) >= 11 is 0. The quantitative estimate of drug-likeness (QED) is 0.554. The highest BCUT2D eigenvalue weighted by molar-refractivity contribution is 5.73. The minimum absolute atomic E-state index is 0. The van der Waals surface area contributed by atoms with Crippen molar-refractivity contribution < 1.29 is 4.79 Å². The van der Waals surface area contributed by atoms with E-state index < -0.39 is 0 Å². The lowest BCUT2D eigenvalue weighted by Gasteiger charge is -2.33. The van der Waals surface area contributed by atoms with Crippen molar-refractivity contribution in [1.82, 2.24) is 29.4 Å². The summed E-state index contributed by atoms with van der Waals surface area (Å²) < 4.78 is 0. The Hall–Kier alpha value is -0.730. The summed E-state index contributed by atoms with van der Waals surface area (Å²) in [7, 11) is 10.9. The van der Waals surface area contributed by atoms with Crippen LogP contribution in [0.5, 0.6) is 0 Å². The van der Waals surface area contributed by atoms with Crippen LogP contribution in [0.2, 0.25) is 0 Å². The van der Waals surface area contributed by atoms with Gasteiger partial charge in [0.15, 0.2) is 0 Å². The first-order valence-electron chi connectivity index (χ1n) is 11.5. The SMILES string of the molecule is C.C.C.CC(=O)N1CCN(C)CC1.CN1CCN(C)CC1.CN1C[C@@H]2CCCN(C)[C@@H]2C1. The molecule has 0 unspecified atom stereocenters. The number of nitrogens with zero attached hydrogens (tertiary/aromatic N) is 6. The molecule has 4 saturated heterocycles. The number of hydrogen-bond acceptors (Lipinski definition) is 6. The largest absolute Gasteiger partial charge is 0.340 e. The van der Waals surface area contributed by atoms with Crippen LogP contribution in [-0.4, -0.2) is 149 Å². The molecule has 7 nitrogen and oxygen atoms in total. The van der Waals surface area contributed by atoms with Crippen molar-refractivity contribution in [3.05, 3.63) is 0 Å². The number of rotatable bonds is 0. The highest BCUT2D eigenvalue weighted by Crippen LogP contribution is 2.28. The Kier molecular flexibility index (Phi) is 17.6. The average Bonchev–Trinajstić information content (AvgIpc) is 3.07. The van der Waals surface area contributed by atoms with Crippen molar-refractivity contribution in [3.8, 4) is 0 Å². The second-order valence-electron chi connectivity index (χ2n) is 9.59. The predicted molar refractivity (Wildman–Crippen MR) is 142 cm³/mol. The predicted octanol–water partition coefficient (Wildman–Crippen LogP) is 2.19. The second kappa shape index (κ2) is 16.8.